The van der Waals surface area contributed by atoms with E-state index in [2.05, 4.69) is 26.2 Å². The molecule has 0 aliphatic heterocycles. The molecular weight excluding hydrogens is 280 g/mol. The minimum atomic E-state index is 0. The molecule has 7 nitrogen and oxygen atoms in total. The summed E-state index contributed by atoms with van der Waals surface area (Å²) in [7, 11) is 1.87. The summed E-state index contributed by atoms with van der Waals surface area (Å²) in [5.74, 6) is 0.00381. The number of nitrogens with one attached hydrogen (secondary N) is 2. The molecule has 0 saturated heterocycles. The number of nitrogens with zero attached hydrogens (tertiary/aromatic N) is 4. The van der Waals surface area contributed by atoms with Gasteiger partial charge in [-0.05, 0) is 48.6 Å². The Labute approximate surface area is 123 Å². The lowest BCUT2D eigenvalue weighted by molar-refractivity contribution is -0.116. The van der Waals surface area contributed by atoms with E-state index in [0.717, 1.165) is 24.3 Å². The molecule has 2 aromatic rings. The summed E-state index contributed by atoms with van der Waals surface area (Å²) in [5, 5.41) is 16.8. The number of carbonyl (C=O) groups excluding carboxylic acids is 1. The fourth-order valence-corrected chi connectivity index (χ4v) is 1.65. The Morgan fingerprint density at radius 2 is 2.25 bits per heavy atom. The molecule has 1 heterocycles. The van der Waals surface area contributed by atoms with Crippen molar-refractivity contribution in [2.75, 3.05) is 18.9 Å². The van der Waals surface area contributed by atoms with Gasteiger partial charge in [0.1, 0.15) is 6.33 Å². The smallest absolute Gasteiger partial charge is 0.224 e. The average molecular weight is 297 g/mol. The topological polar surface area (TPSA) is 84.7 Å². The number of amides is 1. The van der Waals surface area contributed by atoms with Crippen LogP contribution in [-0.2, 0) is 4.79 Å². The van der Waals surface area contributed by atoms with Gasteiger partial charge in [-0.15, -0.1) is 17.5 Å². The molecule has 108 valence electrons. The van der Waals surface area contributed by atoms with Crippen molar-refractivity contribution in [1.29, 1.82) is 0 Å². The molecule has 2 rings (SSSR count). The lowest BCUT2D eigenvalue weighted by atomic mass is 10.2. The van der Waals surface area contributed by atoms with Crippen LogP contribution >= 0.6 is 12.4 Å². The van der Waals surface area contributed by atoms with Gasteiger partial charge in [0.2, 0.25) is 5.91 Å². The fourth-order valence-electron chi connectivity index (χ4n) is 1.65. The lowest BCUT2D eigenvalue weighted by Gasteiger charge is -2.07. The van der Waals surface area contributed by atoms with E-state index in [-0.39, 0.29) is 18.3 Å². The number of tetrazole rings is 1. The van der Waals surface area contributed by atoms with Crippen LogP contribution in [0.15, 0.2) is 30.6 Å². The number of anilines is 1. The van der Waals surface area contributed by atoms with Crippen molar-refractivity contribution in [3.8, 4) is 5.69 Å². The molecule has 0 aliphatic carbocycles. The van der Waals surface area contributed by atoms with E-state index in [4.69, 9.17) is 0 Å². The number of hydrogen-bond acceptors (Lipinski definition) is 5. The van der Waals surface area contributed by atoms with Crippen LogP contribution < -0.4 is 10.6 Å². The Morgan fingerprint density at radius 3 is 2.95 bits per heavy atom. The highest BCUT2D eigenvalue weighted by Gasteiger charge is 2.04. The minimum Gasteiger partial charge on any atom is -0.326 e. The van der Waals surface area contributed by atoms with Gasteiger partial charge >= 0.3 is 0 Å². The Morgan fingerprint density at radius 1 is 1.40 bits per heavy atom. The minimum absolute atomic E-state index is 0. The first-order valence-electron chi connectivity index (χ1n) is 6.07. The van der Waals surface area contributed by atoms with Crippen molar-refractivity contribution in [3.05, 3.63) is 30.6 Å². The van der Waals surface area contributed by atoms with Crippen molar-refractivity contribution in [2.24, 2.45) is 0 Å². The van der Waals surface area contributed by atoms with Gasteiger partial charge in [-0.3, -0.25) is 4.79 Å². The second-order valence-electron chi connectivity index (χ2n) is 4.06. The van der Waals surface area contributed by atoms with Gasteiger partial charge in [0, 0.05) is 12.1 Å². The van der Waals surface area contributed by atoms with Crippen molar-refractivity contribution < 1.29 is 4.79 Å². The van der Waals surface area contributed by atoms with E-state index < -0.39 is 0 Å². The number of hydrogen-bond donors (Lipinski definition) is 2. The highest BCUT2D eigenvalue weighted by molar-refractivity contribution is 5.90. The quantitative estimate of drug-likeness (QED) is 0.778. The van der Waals surface area contributed by atoms with Crippen LogP contribution in [0.2, 0.25) is 0 Å². The first-order valence-corrected chi connectivity index (χ1v) is 6.07. The monoisotopic (exact) mass is 296 g/mol. The predicted octanol–water partition coefficient (Wildman–Crippen LogP) is 1.02. The van der Waals surface area contributed by atoms with Gasteiger partial charge in [0.25, 0.3) is 0 Å². The second-order valence-corrected chi connectivity index (χ2v) is 4.06. The SMILES string of the molecule is CNCCCC(=O)Nc1cccc(-n2cnnn2)c1.Cl. The van der Waals surface area contributed by atoms with Gasteiger partial charge in [-0.1, -0.05) is 6.07 Å². The van der Waals surface area contributed by atoms with Crippen LogP contribution in [0, 0.1) is 0 Å². The molecule has 0 fully saturated rings. The number of carbonyl (C=O) groups is 1. The van der Waals surface area contributed by atoms with Crippen molar-refractivity contribution >= 4 is 24.0 Å². The Balaban J connectivity index is 0.00000200. The third-order valence-corrected chi connectivity index (χ3v) is 2.57. The first-order chi connectivity index (χ1) is 9.29. The van der Waals surface area contributed by atoms with Crippen molar-refractivity contribution in [1.82, 2.24) is 25.5 Å². The maximum absolute atomic E-state index is 11.7. The van der Waals surface area contributed by atoms with Gasteiger partial charge in [0.15, 0.2) is 0 Å². The standard InChI is InChI=1S/C12H16N6O.ClH/c1-13-7-3-6-12(19)15-10-4-2-5-11(8-10)18-9-14-16-17-18;/h2,4-5,8-9,13H,3,6-7H2,1H3,(H,15,19);1H. The molecule has 0 atom stereocenters. The molecule has 20 heavy (non-hydrogen) atoms. The van der Waals surface area contributed by atoms with Crippen LogP contribution in [0.3, 0.4) is 0 Å². The number of halogens is 1. The zero-order chi connectivity index (χ0) is 13.5. The maximum atomic E-state index is 11.7. The third kappa shape index (κ3) is 4.60. The van der Waals surface area contributed by atoms with E-state index in [1.54, 1.807) is 0 Å². The fraction of sp³-hybridized carbons (Fsp3) is 0.333. The van der Waals surface area contributed by atoms with E-state index >= 15 is 0 Å². The zero-order valence-corrected chi connectivity index (χ0v) is 11.9. The summed E-state index contributed by atoms with van der Waals surface area (Å²) in [6, 6.07) is 7.38. The number of rotatable bonds is 6. The second kappa shape index (κ2) is 8.23. The van der Waals surface area contributed by atoms with Crippen molar-refractivity contribution in [2.45, 2.75) is 12.8 Å². The summed E-state index contributed by atoms with van der Waals surface area (Å²) in [4.78, 5) is 11.7. The van der Waals surface area contributed by atoms with Gasteiger partial charge < -0.3 is 10.6 Å². The van der Waals surface area contributed by atoms with Gasteiger partial charge in [-0.25, -0.2) is 4.68 Å². The third-order valence-electron chi connectivity index (χ3n) is 2.57. The molecule has 2 N–H and O–H groups in total. The molecule has 0 bridgehead atoms. The van der Waals surface area contributed by atoms with Crippen LogP contribution in [0.4, 0.5) is 5.69 Å². The molecule has 1 amide bonds. The summed E-state index contributed by atoms with van der Waals surface area (Å²) in [5.41, 5.74) is 1.54. The van der Waals surface area contributed by atoms with Gasteiger partial charge in [0.05, 0.1) is 5.69 Å². The van der Waals surface area contributed by atoms with E-state index in [1.807, 2.05) is 31.3 Å². The van der Waals surface area contributed by atoms with Crippen LogP contribution in [0.25, 0.3) is 5.69 Å². The summed E-state index contributed by atoms with van der Waals surface area (Å²) >= 11 is 0. The maximum Gasteiger partial charge on any atom is 0.224 e. The molecule has 0 radical (unpaired) electrons. The largest absolute Gasteiger partial charge is 0.326 e. The molecule has 0 unspecified atom stereocenters. The van der Waals surface area contributed by atoms with Gasteiger partial charge in [-0.2, -0.15) is 0 Å². The Hall–Kier alpha value is -1.99. The molecule has 1 aromatic heterocycles. The Kier molecular flexibility index (Phi) is 6.61. The summed E-state index contributed by atoms with van der Waals surface area (Å²) < 4.78 is 1.54. The van der Waals surface area contributed by atoms with E-state index in [9.17, 15) is 4.79 Å². The highest BCUT2D eigenvalue weighted by Crippen LogP contribution is 2.13. The molecular formula is C12H17ClN6O. The number of aromatic nitrogens is 4. The first kappa shape index (κ1) is 16.1. The number of benzene rings is 1. The average Bonchev–Trinajstić information content (AvgIpc) is 2.93. The molecule has 0 aliphatic rings. The van der Waals surface area contributed by atoms with Crippen LogP contribution in [0.5, 0.6) is 0 Å². The van der Waals surface area contributed by atoms with E-state index in [1.165, 1.54) is 11.0 Å². The Bertz CT molecular complexity index is 531. The predicted molar refractivity (Wildman–Crippen MR) is 78.2 cm³/mol. The lowest BCUT2D eigenvalue weighted by Crippen LogP contribution is -2.15. The highest BCUT2D eigenvalue weighted by atomic mass is 35.5. The molecule has 0 spiro atoms. The van der Waals surface area contributed by atoms with Crippen LogP contribution in [-0.4, -0.2) is 39.7 Å². The molecule has 0 saturated carbocycles. The van der Waals surface area contributed by atoms with Crippen molar-refractivity contribution in [3.63, 3.8) is 0 Å². The zero-order valence-electron chi connectivity index (χ0n) is 11.1. The van der Waals surface area contributed by atoms with E-state index in [0.29, 0.717) is 6.42 Å². The normalized spacial score (nSPS) is 9.85. The molecule has 8 heteroatoms. The summed E-state index contributed by atoms with van der Waals surface area (Å²) in [6.45, 7) is 0.831. The van der Waals surface area contributed by atoms with Crippen LogP contribution in [0.1, 0.15) is 12.8 Å². The molecule has 1 aromatic carbocycles. The summed E-state index contributed by atoms with van der Waals surface area (Å²) in [6.07, 6.45) is 2.82.